The van der Waals surface area contributed by atoms with Crippen LogP contribution in [-0.4, -0.2) is 11.4 Å². The molecular formula is C10H9Cl2N3OS. The lowest BCUT2D eigenvalue weighted by Crippen LogP contribution is -2.50. The van der Waals surface area contributed by atoms with Crippen molar-refractivity contribution in [2.24, 2.45) is 5.73 Å². The number of thiol groups is 1. The Morgan fingerprint density at radius 3 is 2.41 bits per heavy atom. The van der Waals surface area contributed by atoms with Crippen LogP contribution in [0.5, 0.6) is 0 Å². The van der Waals surface area contributed by atoms with Gasteiger partial charge in [-0.1, -0.05) is 23.2 Å². The molecule has 0 aliphatic carbocycles. The van der Waals surface area contributed by atoms with Gasteiger partial charge in [-0.05, 0) is 18.2 Å². The van der Waals surface area contributed by atoms with E-state index in [4.69, 9.17) is 28.9 Å². The van der Waals surface area contributed by atoms with Gasteiger partial charge in [-0.3, -0.25) is 9.69 Å². The number of halogens is 2. The van der Waals surface area contributed by atoms with Crippen LogP contribution in [0.15, 0.2) is 30.1 Å². The molecule has 90 valence electrons. The maximum absolute atomic E-state index is 11.2. The van der Waals surface area contributed by atoms with Crippen molar-refractivity contribution in [3.8, 4) is 0 Å². The SMILES string of the molecule is NC1=CC(=O)NC(S)N1c1cc(Cl)cc(Cl)c1. The normalized spacial score (nSPS) is 19.9. The van der Waals surface area contributed by atoms with Gasteiger partial charge in [-0.2, -0.15) is 0 Å². The van der Waals surface area contributed by atoms with Crippen LogP contribution in [0.25, 0.3) is 0 Å². The van der Waals surface area contributed by atoms with Crippen molar-refractivity contribution in [3.63, 3.8) is 0 Å². The maximum Gasteiger partial charge on any atom is 0.249 e. The van der Waals surface area contributed by atoms with Gasteiger partial charge in [0.1, 0.15) is 5.82 Å². The summed E-state index contributed by atoms with van der Waals surface area (Å²) in [5.74, 6) is -0.000965. The third kappa shape index (κ3) is 2.62. The topological polar surface area (TPSA) is 58.4 Å². The fourth-order valence-corrected chi connectivity index (χ4v) is 2.46. The van der Waals surface area contributed by atoms with Crippen molar-refractivity contribution in [1.82, 2.24) is 5.32 Å². The number of anilines is 1. The highest BCUT2D eigenvalue weighted by Crippen LogP contribution is 2.29. The lowest BCUT2D eigenvalue weighted by atomic mass is 10.2. The molecule has 1 heterocycles. The van der Waals surface area contributed by atoms with Crippen molar-refractivity contribution in [2.45, 2.75) is 5.50 Å². The van der Waals surface area contributed by atoms with Gasteiger partial charge in [-0.25, -0.2) is 0 Å². The minimum atomic E-state index is -0.554. The third-order valence-electron chi connectivity index (χ3n) is 2.20. The van der Waals surface area contributed by atoms with Crippen molar-refractivity contribution < 1.29 is 4.79 Å². The first-order valence-corrected chi connectivity index (χ1v) is 5.95. The Kier molecular flexibility index (Phi) is 3.42. The second kappa shape index (κ2) is 4.68. The lowest BCUT2D eigenvalue weighted by molar-refractivity contribution is -0.117. The largest absolute Gasteiger partial charge is 0.385 e. The van der Waals surface area contributed by atoms with E-state index < -0.39 is 5.50 Å². The number of carbonyl (C=O) groups is 1. The van der Waals surface area contributed by atoms with E-state index in [9.17, 15) is 4.79 Å². The van der Waals surface area contributed by atoms with Gasteiger partial charge in [0, 0.05) is 21.8 Å². The van der Waals surface area contributed by atoms with Crippen LogP contribution in [0.2, 0.25) is 10.0 Å². The van der Waals surface area contributed by atoms with E-state index in [1.165, 1.54) is 6.08 Å². The van der Waals surface area contributed by atoms with Gasteiger partial charge in [0.25, 0.3) is 0 Å². The molecule has 0 fully saturated rings. The van der Waals surface area contributed by atoms with Gasteiger partial charge in [0.2, 0.25) is 5.91 Å². The van der Waals surface area contributed by atoms with E-state index in [1.54, 1.807) is 23.1 Å². The van der Waals surface area contributed by atoms with E-state index in [-0.39, 0.29) is 11.7 Å². The molecule has 1 amide bonds. The molecule has 0 radical (unpaired) electrons. The van der Waals surface area contributed by atoms with Crippen LogP contribution in [0.1, 0.15) is 0 Å². The first-order valence-electron chi connectivity index (χ1n) is 4.68. The van der Waals surface area contributed by atoms with Crippen LogP contribution < -0.4 is 16.0 Å². The average molecular weight is 290 g/mol. The third-order valence-corrected chi connectivity index (χ3v) is 3.00. The molecule has 1 unspecified atom stereocenters. The Labute approximate surface area is 114 Å². The summed E-state index contributed by atoms with van der Waals surface area (Å²) < 4.78 is 0. The molecule has 1 aromatic carbocycles. The molecular weight excluding hydrogens is 281 g/mol. The number of benzene rings is 1. The second-order valence-corrected chi connectivity index (χ2v) is 4.81. The zero-order valence-electron chi connectivity index (χ0n) is 8.52. The van der Waals surface area contributed by atoms with Crippen LogP contribution in [0, 0.1) is 0 Å². The monoisotopic (exact) mass is 289 g/mol. The fraction of sp³-hybridized carbons (Fsp3) is 0.100. The summed E-state index contributed by atoms with van der Waals surface area (Å²) in [4.78, 5) is 12.8. The van der Waals surface area contributed by atoms with Crippen LogP contribution in [-0.2, 0) is 4.79 Å². The molecule has 7 heteroatoms. The zero-order valence-corrected chi connectivity index (χ0v) is 10.9. The molecule has 3 N–H and O–H groups in total. The van der Waals surface area contributed by atoms with E-state index in [0.717, 1.165) is 0 Å². The number of amides is 1. The standard InChI is InChI=1S/C10H9Cl2N3OS/c11-5-1-6(12)3-7(2-5)15-8(13)4-9(16)14-10(15)17/h1-4,10,17H,13H2,(H,14,16). The summed E-state index contributed by atoms with van der Waals surface area (Å²) in [6.07, 6.45) is 1.28. The molecule has 1 aliphatic rings. The number of rotatable bonds is 1. The van der Waals surface area contributed by atoms with E-state index >= 15 is 0 Å². The van der Waals surface area contributed by atoms with Crippen molar-refractivity contribution in [1.29, 1.82) is 0 Å². The molecule has 0 spiro atoms. The Bertz CT molecular complexity index is 486. The molecule has 0 saturated heterocycles. The van der Waals surface area contributed by atoms with Crippen LogP contribution in [0.3, 0.4) is 0 Å². The molecule has 0 bridgehead atoms. The Morgan fingerprint density at radius 1 is 1.29 bits per heavy atom. The molecule has 1 aromatic rings. The van der Waals surface area contributed by atoms with Crippen molar-refractivity contribution in [3.05, 3.63) is 40.1 Å². The predicted octanol–water partition coefficient (Wildman–Crippen LogP) is 1.94. The molecule has 4 nitrogen and oxygen atoms in total. The Morgan fingerprint density at radius 2 is 1.88 bits per heavy atom. The number of nitrogens with one attached hydrogen (secondary N) is 1. The van der Waals surface area contributed by atoms with Crippen molar-refractivity contribution in [2.75, 3.05) is 4.90 Å². The highest BCUT2D eigenvalue weighted by Gasteiger charge is 2.24. The number of hydrogen-bond acceptors (Lipinski definition) is 4. The number of hydrogen-bond donors (Lipinski definition) is 3. The lowest BCUT2D eigenvalue weighted by Gasteiger charge is -2.33. The molecule has 1 aliphatic heterocycles. The highest BCUT2D eigenvalue weighted by atomic mass is 35.5. The Balaban J connectivity index is 2.45. The molecule has 1 atom stereocenters. The van der Waals surface area contributed by atoms with Crippen LogP contribution in [0.4, 0.5) is 5.69 Å². The predicted molar refractivity (Wildman–Crippen MR) is 72.1 cm³/mol. The summed E-state index contributed by atoms with van der Waals surface area (Å²) >= 11 is 16.1. The summed E-state index contributed by atoms with van der Waals surface area (Å²) in [6, 6.07) is 4.99. The summed E-state index contributed by atoms with van der Waals surface area (Å²) in [5.41, 5.74) is 5.89. The smallest absolute Gasteiger partial charge is 0.249 e. The molecule has 2 rings (SSSR count). The molecule has 0 aromatic heterocycles. The number of carbonyl (C=O) groups excluding carboxylic acids is 1. The summed E-state index contributed by atoms with van der Waals surface area (Å²) in [7, 11) is 0. The van der Waals surface area contributed by atoms with Gasteiger partial charge >= 0.3 is 0 Å². The number of nitrogens with zero attached hydrogens (tertiary/aromatic N) is 1. The summed E-state index contributed by atoms with van der Waals surface area (Å²) in [5, 5.41) is 3.57. The first-order chi connectivity index (χ1) is 7.97. The summed E-state index contributed by atoms with van der Waals surface area (Å²) in [6.45, 7) is 0. The van der Waals surface area contributed by atoms with Gasteiger partial charge in [0.05, 0.1) is 0 Å². The van der Waals surface area contributed by atoms with Gasteiger partial charge in [0.15, 0.2) is 5.50 Å². The zero-order chi connectivity index (χ0) is 12.6. The van der Waals surface area contributed by atoms with E-state index in [0.29, 0.717) is 15.7 Å². The van der Waals surface area contributed by atoms with Gasteiger partial charge < -0.3 is 11.1 Å². The fourth-order valence-electron chi connectivity index (χ4n) is 1.55. The Hall–Kier alpha value is -1.04. The van der Waals surface area contributed by atoms with E-state index in [1.807, 2.05) is 0 Å². The second-order valence-electron chi connectivity index (χ2n) is 3.45. The molecule has 17 heavy (non-hydrogen) atoms. The minimum absolute atomic E-state index is 0.284. The first kappa shape index (κ1) is 12.4. The average Bonchev–Trinajstić information content (AvgIpc) is 2.13. The van der Waals surface area contributed by atoms with E-state index in [2.05, 4.69) is 17.9 Å². The van der Waals surface area contributed by atoms with Crippen molar-refractivity contribution >= 4 is 47.4 Å². The quantitative estimate of drug-likeness (QED) is 0.693. The minimum Gasteiger partial charge on any atom is -0.385 e. The molecule has 0 saturated carbocycles. The maximum atomic E-state index is 11.2. The van der Waals surface area contributed by atoms with Crippen LogP contribution >= 0.6 is 35.8 Å². The number of nitrogens with two attached hydrogens (primary N) is 1. The van der Waals surface area contributed by atoms with Gasteiger partial charge in [-0.15, -0.1) is 12.6 Å². The highest BCUT2D eigenvalue weighted by molar-refractivity contribution is 7.81.